The molecule has 0 amide bonds. The molecule has 244 valence electrons. The summed E-state index contributed by atoms with van der Waals surface area (Å²) in [6.07, 6.45) is 3.96. The molecule has 0 aliphatic rings. The minimum Gasteiger partial charge on any atom is -0.594 e. The molecule has 0 radical (unpaired) electrons. The second-order valence-corrected chi connectivity index (χ2v) is 11.3. The Morgan fingerprint density at radius 1 is 0.400 bits per heavy atom. The van der Waals surface area contributed by atoms with Gasteiger partial charge in [-0.2, -0.15) is 20.5 Å². The van der Waals surface area contributed by atoms with Gasteiger partial charge in [0.05, 0.1) is 22.7 Å². The second-order valence-electron chi connectivity index (χ2n) is 11.3. The summed E-state index contributed by atoms with van der Waals surface area (Å²) in [4.78, 5) is 1.21. The highest BCUT2D eigenvalue weighted by molar-refractivity contribution is 5.73. The van der Waals surface area contributed by atoms with E-state index in [0.717, 1.165) is 33.6 Å². The van der Waals surface area contributed by atoms with Crippen LogP contribution in [0.4, 0.5) is 45.5 Å². The molecule has 6 rings (SSSR count). The van der Waals surface area contributed by atoms with Crippen molar-refractivity contribution in [2.75, 3.05) is 0 Å². The first-order chi connectivity index (χ1) is 24.4. The molecule has 50 heavy (non-hydrogen) atoms. The molecule has 0 unspecified atom stereocenters. The van der Waals surface area contributed by atoms with E-state index in [0.29, 0.717) is 43.8 Å². The third-order valence-corrected chi connectivity index (χ3v) is 7.58. The van der Waals surface area contributed by atoms with E-state index in [1.54, 1.807) is 72.8 Å². The molecule has 0 N–H and O–H groups in total. The largest absolute Gasteiger partial charge is 0.594 e. The van der Waals surface area contributed by atoms with Gasteiger partial charge in [0.1, 0.15) is 11.4 Å². The van der Waals surface area contributed by atoms with Gasteiger partial charge in [0, 0.05) is 34.5 Å². The molecular formula is C40H32N8O2. The van der Waals surface area contributed by atoms with Crippen LogP contribution >= 0.6 is 0 Å². The minimum atomic E-state index is 0.415. The first-order valence-electron chi connectivity index (χ1n) is 15.8. The monoisotopic (exact) mass is 656 g/mol. The molecule has 0 saturated carbocycles. The molecule has 0 aliphatic heterocycles. The predicted octanol–water partition coefficient (Wildman–Crippen LogP) is 13.2. The van der Waals surface area contributed by atoms with Gasteiger partial charge in [-0.1, -0.05) is 58.3 Å². The van der Waals surface area contributed by atoms with E-state index in [1.807, 2.05) is 98.8 Å². The first kappa shape index (κ1) is 33.0. The van der Waals surface area contributed by atoms with Crippen LogP contribution in [0.25, 0.3) is 12.2 Å². The van der Waals surface area contributed by atoms with Crippen molar-refractivity contribution in [1.82, 2.24) is 0 Å². The Balaban J connectivity index is 1.08. The van der Waals surface area contributed by atoms with Crippen molar-refractivity contribution in [3.05, 3.63) is 178 Å². The summed E-state index contributed by atoms with van der Waals surface area (Å²) >= 11 is 0. The van der Waals surface area contributed by atoms with Gasteiger partial charge in [0.25, 0.3) is 0 Å². The highest BCUT2D eigenvalue weighted by atomic mass is 16.5. The van der Waals surface area contributed by atoms with Gasteiger partial charge in [-0.3, -0.25) is 0 Å². The lowest BCUT2D eigenvalue weighted by atomic mass is 10.0. The maximum Gasteiger partial charge on any atom is 0.245 e. The Labute approximate surface area is 289 Å². The smallest absolute Gasteiger partial charge is 0.245 e. The molecule has 0 heterocycles. The lowest BCUT2D eigenvalue weighted by Crippen LogP contribution is -1.93. The molecule has 0 spiro atoms. The summed E-state index contributed by atoms with van der Waals surface area (Å²) in [5, 5.41) is 50.9. The minimum absolute atomic E-state index is 0.415. The SMILES string of the molecule is Cc1cc([N+]([O-])=Nc2ccc(N=Nc3ccccc3)cc2)ccc1C=Cc1ccc([N+]([O-])=Nc2ccc(N=Nc3ccccc3)cc2)cc1C. The van der Waals surface area contributed by atoms with Gasteiger partial charge in [-0.15, -0.1) is 0 Å². The molecule has 0 saturated heterocycles. The summed E-state index contributed by atoms with van der Waals surface area (Å²) in [6.45, 7) is 3.88. The molecule has 0 aromatic heterocycles. The number of nitrogens with zero attached hydrogens (tertiary/aromatic N) is 8. The average Bonchev–Trinajstić information content (AvgIpc) is 3.15. The quantitative estimate of drug-likeness (QED) is 0.0629. The Hall–Kier alpha value is -6.94. The fourth-order valence-corrected chi connectivity index (χ4v) is 4.83. The molecule has 0 bridgehead atoms. The lowest BCUT2D eigenvalue weighted by Gasteiger charge is -2.06. The summed E-state index contributed by atoms with van der Waals surface area (Å²) < 4.78 is 0. The van der Waals surface area contributed by atoms with Crippen LogP contribution in [-0.4, -0.2) is 9.72 Å². The molecule has 0 atom stereocenters. The zero-order valence-electron chi connectivity index (χ0n) is 27.4. The fraction of sp³-hybridized carbons (Fsp3) is 0.0500. The molecular weight excluding hydrogens is 624 g/mol. The zero-order chi connectivity index (χ0) is 34.7. The fourth-order valence-electron chi connectivity index (χ4n) is 4.83. The van der Waals surface area contributed by atoms with E-state index in [4.69, 9.17) is 0 Å². The molecule has 0 aliphatic carbocycles. The summed E-state index contributed by atoms with van der Waals surface area (Å²) in [6, 6.07) is 43.7. The Morgan fingerprint density at radius 2 is 0.720 bits per heavy atom. The third kappa shape index (κ3) is 8.90. The van der Waals surface area contributed by atoms with Gasteiger partial charge in [-0.05, 0) is 121 Å². The lowest BCUT2D eigenvalue weighted by molar-refractivity contribution is -0.435. The van der Waals surface area contributed by atoms with Gasteiger partial charge in [0.15, 0.2) is 0 Å². The van der Waals surface area contributed by atoms with Crippen molar-refractivity contribution in [3.8, 4) is 0 Å². The first-order valence-corrected chi connectivity index (χ1v) is 15.8. The van der Waals surface area contributed by atoms with E-state index in [9.17, 15) is 10.4 Å². The number of azo groups is 4. The van der Waals surface area contributed by atoms with Crippen LogP contribution in [0.5, 0.6) is 0 Å². The van der Waals surface area contributed by atoms with Crippen molar-refractivity contribution < 1.29 is 9.72 Å². The summed E-state index contributed by atoms with van der Waals surface area (Å²) in [7, 11) is 0. The maximum atomic E-state index is 12.8. The van der Waals surface area contributed by atoms with Crippen molar-refractivity contribution in [2.24, 2.45) is 30.7 Å². The van der Waals surface area contributed by atoms with E-state index < -0.39 is 0 Å². The van der Waals surface area contributed by atoms with Crippen molar-refractivity contribution in [2.45, 2.75) is 13.8 Å². The van der Waals surface area contributed by atoms with Crippen molar-refractivity contribution >= 4 is 57.7 Å². The van der Waals surface area contributed by atoms with Gasteiger partial charge >= 0.3 is 0 Å². The predicted molar refractivity (Wildman–Crippen MR) is 196 cm³/mol. The Morgan fingerprint density at radius 3 is 1.06 bits per heavy atom. The van der Waals surface area contributed by atoms with Crippen LogP contribution in [0.1, 0.15) is 22.3 Å². The Kier molecular flexibility index (Phi) is 10.4. The highest BCUT2D eigenvalue weighted by Gasteiger charge is 2.09. The van der Waals surface area contributed by atoms with Crippen LogP contribution < -0.4 is 0 Å². The maximum absolute atomic E-state index is 12.8. The second kappa shape index (κ2) is 15.8. The zero-order valence-corrected chi connectivity index (χ0v) is 27.4. The highest BCUT2D eigenvalue weighted by Crippen LogP contribution is 2.27. The van der Waals surface area contributed by atoms with Crippen molar-refractivity contribution in [3.63, 3.8) is 0 Å². The van der Waals surface area contributed by atoms with Crippen LogP contribution in [0, 0.1) is 24.3 Å². The number of aryl methyl sites for hydroxylation is 2. The van der Waals surface area contributed by atoms with E-state index >= 15 is 0 Å². The average molecular weight is 657 g/mol. The van der Waals surface area contributed by atoms with E-state index in [-0.39, 0.29) is 0 Å². The third-order valence-electron chi connectivity index (χ3n) is 7.58. The summed E-state index contributed by atoms with van der Waals surface area (Å²) in [5.74, 6) is 0. The van der Waals surface area contributed by atoms with Crippen LogP contribution in [0.2, 0.25) is 0 Å². The molecule has 0 fully saturated rings. The van der Waals surface area contributed by atoms with Gasteiger partial charge in [-0.25, -0.2) is 0 Å². The van der Waals surface area contributed by atoms with Gasteiger partial charge < -0.3 is 10.4 Å². The summed E-state index contributed by atoms with van der Waals surface area (Å²) in [5.41, 5.74) is 8.40. The molecule has 6 aromatic rings. The van der Waals surface area contributed by atoms with Crippen molar-refractivity contribution in [1.29, 1.82) is 0 Å². The van der Waals surface area contributed by atoms with Crippen LogP contribution in [-0.2, 0) is 0 Å². The molecule has 6 aromatic carbocycles. The van der Waals surface area contributed by atoms with E-state index in [2.05, 4.69) is 30.7 Å². The van der Waals surface area contributed by atoms with Gasteiger partial charge in [0.2, 0.25) is 11.4 Å². The number of hydrogen-bond acceptors (Lipinski definition) is 8. The Bertz CT molecular complexity index is 2070. The molecule has 10 heteroatoms. The standard InChI is InChI=1S/C40H32N8O2/c1-29-27-39(47(49)45-37-21-17-35(18-22-37)43-41-33-9-5-3-6-10-33)25-15-31(29)13-14-32-16-26-40(28-30(32)2)48(50)46-38-23-19-36(20-24-38)44-42-34-11-7-4-8-12-34/h3-28H,1-2H3. The molecule has 10 nitrogen and oxygen atoms in total. The van der Waals surface area contributed by atoms with Crippen LogP contribution in [0.15, 0.2) is 176 Å². The normalized spacial score (nSPS) is 12.4. The number of hydrogen-bond donors (Lipinski definition) is 0. The topological polar surface area (TPSA) is 126 Å². The number of benzene rings is 6. The number of rotatable bonds is 10. The van der Waals surface area contributed by atoms with E-state index in [1.165, 1.54) is 0 Å². The van der Waals surface area contributed by atoms with Crippen LogP contribution in [0.3, 0.4) is 0 Å².